The zero-order valence-electron chi connectivity index (χ0n) is 17.7. The van der Waals surface area contributed by atoms with E-state index in [1.165, 1.54) is 10.9 Å². The molecule has 3 rings (SSSR count). The molecule has 0 saturated heterocycles. The van der Waals surface area contributed by atoms with Crippen molar-refractivity contribution in [2.75, 3.05) is 25.0 Å². The summed E-state index contributed by atoms with van der Waals surface area (Å²) in [6.07, 6.45) is 1.28. The van der Waals surface area contributed by atoms with Crippen LogP contribution in [0.5, 0.6) is 0 Å². The molecular formula is C20H27N7O3. The lowest BCUT2D eigenvalue weighted by molar-refractivity contribution is -0.385. The van der Waals surface area contributed by atoms with Gasteiger partial charge in [-0.1, -0.05) is 26.0 Å². The Morgan fingerprint density at radius 3 is 2.63 bits per heavy atom. The van der Waals surface area contributed by atoms with Crippen molar-refractivity contribution >= 4 is 28.6 Å². The second-order valence-corrected chi connectivity index (χ2v) is 7.10. The molecule has 0 radical (unpaired) electrons. The van der Waals surface area contributed by atoms with E-state index in [-0.39, 0.29) is 17.3 Å². The van der Waals surface area contributed by atoms with Crippen LogP contribution in [0.1, 0.15) is 32.5 Å². The fourth-order valence-corrected chi connectivity index (χ4v) is 3.36. The number of anilines is 1. The van der Waals surface area contributed by atoms with Gasteiger partial charge in [-0.05, 0) is 39.1 Å². The lowest BCUT2D eigenvalue weighted by Gasteiger charge is -2.19. The third-order valence-corrected chi connectivity index (χ3v) is 5.29. The summed E-state index contributed by atoms with van der Waals surface area (Å²) < 4.78 is 3.31. The van der Waals surface area contributed by atoms with Crippen LogP contribution in [-0.4, -0.2) is 54.7 Å². The summed E-state index contributed by atoms with van der Waals surface area (Å²) in [4.78, 5) is 30.3. The van der Waals surface area contributed by atoms with Crippen LogP contribution in [-0.2, 0) is 11.3 Å². The average molecular weight is 413 g/mol. The predicted octanol–water partition coefficient (Wildman–Crippen LogP) is 2.99. The Morgan fingerprint density at radius 2 is 2.00 bits per heavy atom. The van der Waals surface area contributed by atoms with Crippen molar-refractivity contribution in [1.29, 1.82) is 0 Å². The quantitative estimate of drug-likeness (QED) is 0.426. The summed E-state index contributed by atoms with van der Waals surface area (Å²) in [6, 6.07) is 7.00. The number of nitro groups is 1. The van der Waals surface area contributed by atoms with E-state index in [1.54, 1.807) is 13.8 Å². The number of nitrogens with one attached hydrogen (secondary N) is 1. The highest BCUT2D eigenvalue weighted by Gasteiger charge is 2.24. The fourth-order valence-electron chi connectivity index (χ4n) is 3.36. The van der Waals surface area contributed by atoms with Gasteiger partial charge in [0.05, 0.1) is 16.0 Å². The number of rotatable bonds is 9. The molecule has 1 aromatic carbocycles. The lowest BCUT2D eigenvalue weighted by Crippen LogP contribution is -2.29. The zero-order valence-corrected chi connectivity index (χ0v) is 17.7. The Hall–Kier alpha value is -3.27. The molecule has 0 aliphatic carbocycles. The molecule has 0 spiro atoms. The number of imidazole rings is 1. The molecule has 2 heterocycles. The maximum absolute atomic E-state index is 12.9. The van der Waals surface area contributed by atoms with Gasteiger partial charge < -0.3 is 9.47 Å². The standard InChI is InChI=1S/C20H27N7O3/c1-5-24(6-2)11-12-25-17-10-8-7-9-16(17)21-20(25)22-19(28)15(4)26-13-18(27(29)30)14(3)23-26/h7-10,13,15H,5-6,11-12H2,1-4H3,(H,21,22,28). The molecule has 10 heteroatoms. The first-order valence-corrected chi connectivity index (χ1v) is 10.0. The summed E-state index contributed by atoms with van der Waals surface area (Å²) >= 11 is 0. The molecule has 1 N–H and O–H groups in total. The molecule has 0 aliphatic rings. The highest BCUT2D eigenvalue weighted by Crippen LogP contribution is 2.22. The van der Waals surface area contributed by atoms with Crippen LogP contribution in [0.25, 0.3) is 11.0 Å². The van der Waals surface area contributed by atoms with Crippen molar-refractivity contribution in [2.45, 2.75) is 40.3 Å². The van der Waals surface area contributed by atoms with Crippen LogP contribution in [0.2, 0.25) is 0 Å². The number of hydrogen-bond donors (Lipinski definition) is 1. The largest absolute Gasteiger partial charge is 0.309 e. The summed E-state index contributed by atoms with van der Waals surface area (Å²) in [7, 11) is 0. The molecule has 1 atom stereocenters. The molecule has 1 unspecified atom stereocenters. The molecule has 1 amide bonds. The van der Waals surface area contributed by atoms with Crippen molar-refractivity contribution in [3.63, 3.8) is 0 Å². The van der Waals surface area contributed by atoms with E-state index in [0.717, 1.165) is 30.7 Å². The number of nitrogens with zero attached hydrogens (tertiary/aromatic N) is 6. The minimum Gasteiger partial charge on any atom is -0.309 e. The van der Waals surface area contributed by atoms with E-state index in [1.807, 2.05) is 28.8 Å². The number of carbonyl (C=O) groups is 1. The summed E-state index contributed by atoms with van der Waals surface area (Å²) in [6.45, 7) is 10.8. The Labute approximate surface area is 174 Å². The zero-order chi connectivity index (χ0) is 21.8. The van der Waals surface area contributed by atoms with Crippen LogP contribution >= 0.6 is 0 Å². The van der Waals surface area contributed by atoms with Crippen molar-refractivity contribution < 1.29 is 9.72 Å². The Morgan fingerprint density at radius 1 is 1.30 bits per heavy atom. The normalized spacial score (nSPS) is 12.4. The number of hydrogen-bond acceptors (Lipinski definition) is 6. The van der Waals surface area contributed by atoms with Crippen molar-refractivity contribution in [3.8, 4) is 0 Å². The topological polar surface area (TPSA) is 111 Å². The van der Waals surface area contributed by atoms with Crippen molar-refractivity contribution in [2.24, 2.45) is 0 Å². The van der Waals surface area contributed by atoms with Gasteiger partial charge in [-0.3, -0.25) is 24.9 Å². The Balaban J connectivity index is 1.85. The van der Waals surface area contributed by atoms with E-state index >= 15 is 0 Å². The summed E-state index contributed by atoms with van der Waals surface area (Å²) in [5.74, 6) is 0.116. The van der Waals surface area contributed by atoms with E-state index in [2.05, 4.69) is 34.1 Å². The van der Waals surface area contributed by atoms with Gasteiger partial charge in [0.1, 0.15) is 17.9 Å². The van der Waals surface area contributed by atoms with Crippen molar-refractivity contribution in [1.82, 2.24) is 24.2 Å². The minimum atomic E-state index is -0.728. The molecule has 0 bridgehead atoms. The maximum Gasteiger partial charge on any atom is 0.309 e. The van der Waals surface area contributed by atoms with E-state index in [0.29, 0.717) is 12.5 Å². The SMILES string of the molecule is CCN(CC)CCn1c(NC(=O)C(C)n2cc([N+](=O)[O-])c(C)n2)nc2ccccc21. The van der Waals surface area contributed by atoms with Gasteiger partial charge in [-0.15, -0.1) is 0 Å². The van der Waals surface area contributed by atoms with Gasteiger partial charge in [0.15, 0.2) is 0 Å². The first-order valence-electron chi connectivity index (χ1n) is 10.0. The second kappa shape index (κ2) is 9.04. The number of benzene rings is 1. The molecule has 10 nitrogen and oxygen atoms in total. The van der Waals surface area contributed by atoms with E-state index < -0.39 is 11.0 Å². The summed E-state index contributed by atoms with van der Waals surface area (Å²) in [5, 5.41) is 18.1. The van der Waals surface area contributed by atoms with E-state index in [4.69, 9.17) is 0 Å². The number of amides is 1. The molecular weight excluding hydrogens is 386 g/mol. The highest BCUT2D eigenvalue weighted by molar-refractivity contribution is 5.93. The van der Waals surface area contributed by atoms with Crippen LogP contribution in [0.4, 0.5) is 11.6 Å². The number of fused-ring (bicyclic) bond motifs is 1. The molecule has 30 heavy (non-hydrogen) atoms. The molecule has 0 aliphatic heterocycles. The smallest absolute Gasteiger partial charge is 0.309 e. The number of carbonyl (C=O) groups excluding carboxylic acids is 1. The Bertz CT molecular complexity index is 1050. The van der Waals surface area contributed by atoms with Crippen LogP contribution in [0.15, 0.2) is 30.5 Å². The number of para-hydroxylation sites is 2. The van der Waals surface area contributed by atoms with Crippen LogP contribution < -0.4 is 5.32 Å². The molecule has 0 fully saturated rings. The van der Waals surface area contributed by atoms with Gasteiger partial charge in [0.25, 0.3) is 5.91 Å². The summed E-state index contributed by atoms with van der Waals surface area (Å²) in [5.41, 5.74) is 1.90. The van der Waals surface area contributed by atoms with Gasteiger partial charge in [-0.25, -0.2) is 4.98 Å². The molecule has 3 aromatic rings. The van der Waals surface area contributed by atoms with Crippen LogP contribution in [0.3, 0.4) is 0 Å². The third kappa shape index (κ3) is 4.33. The second-order valence-electron chi connectivity index (χ2n) is 7.10. The third-order valence-electron chi connectivity index (χ3n) is 5.29. The Kier molecular flexibility index (Phi) is 6.46. The molecule has 2 aromatic heterocycles. The van der Waals surface area contributed by atoms with Gasteiger partial charge in [-0.2, -0.15) is 5.10 Å². The lowest BCUT2D eigenvalue weighted by atomic mass is 10.3. The fraction of sp³-hybridized carbons (Fsp3) is 0.450. The van der Waals surface area contributed by atoms with Gasteiger partial charge >= 0.3 is 5.69 Å². The average Bonchev–Trinajstić information content (AvgIpc) is 3.28. The van der Waals surface area contributed by atoms with Crippen molar-refractivity contribution in [3.05, 3.63) is 46.3 Å². The first kappa shape index (κ1) is 21.4. The minimum absolute atomic E-state index is 0.110. The monoisotopic (exact) mass is 413 g/mol. The molecule has 0 saturated carbocycles. The number of aromatic nitrogens is 4. The highest BCUT2D eigenvalue weighted by atomic mass is 16.6. The van der Waals surface area contributed by atoms with Gasteiger partial charge in [0.2, 0.25) is 5.95 Å². The first-order chi connectivity index (χ1) is 14.3. The number of aryl methyl sites for hydroxylation is 1. The maximum atomic E-state index is 12.9. The number of likely N-dealkylation sites (N-methyl/N-ethyl adjacent to an activating group) is 1. The molecule has 160 valence electrons. The van der Waals surface area contributed by atoms with Gasteiger partial charge in [0, 0.05) is 13.1 Å². The predicted molar refractivity (Wildman–Crippen MR) is 114 cm³/mol. The van der Waals surface area contributed by atoms with Crippen LogP contribution in [0, 0.1) is 17.0 Å². The van der Waals surface area contributed by atoms with E-state index in [9.17, 15) is 14.9 Å².